The number of hydrogen-bond acceptors (Lipinski definition) is 5. The summed E-state index contributed by atoms with van der Waals surface area (Å²) >= 11 is 1.30. The predicted octanol–water partition coefficient (Wildman–Crippen LogP) is 4.90. The Bertz CT molecular complexity index is 1190. The van der Waals surface area contributed by atoms with Crippen molar-refractivity contribution < 1.29 is 14.3 Å². The van der Waals surface area contributed by atoms with Gasteiger partial charge in [0.1, 0.15) is 5.75 Å². The zero-order valence-electron chi connectivity index (χ0n) is 17.4. The highest BCUT2D eigenvalue weighted by atomic mass is 32.2. The van der Waals surface area contributed by atoms with E-state index in [0.29, 0.717) is 15.8 Å². The number of aryl methyl sites for hydroxylation is 1. The maximum atomic E-state index is 12.2. The van der Waals surface area contributed by atoms with E-state index in [-0.39, 0.29) is 18.4 Å². The third-order valence-electron chi connectivity index (χ3n) is 4.60. The number of anilines is 1. The highest BCUT2D eigenvalue weighted by Gasteiger charge is 2.23. The van der Waals surface area contributed by atoms with Crippen molar-refractivity contribution >= 4 is 46.2 Å². The third kappa shape index (κ3) is 5.65. The maximum absolute atomic E-state index is 12.2. The number of hydrogen-bond donors (Lipinski definition) is 2. The first-order valence-corrected chi connectivity index (χ1v) is 10.8. The van der Waals surface area contributed by atoms with Crippen LogP contribution in [0.1, 0.15) is 11.1 Å². The molecule has 2 amide bonds. The van der Waals surface area contributed by atoms with E-state index in [9.17, 15) is 9.59 Å². The second-order valence-electron chi connectivity index (χ2n) is 7.04. The van der Waals surface area contributed by atoms with E-state index in [0.717, 1.165) is 22.5 Å². The van der Waals surface area contributed by atoms with E-state index in [1.165, 1.54) is 11.8 Å². The lowest BCUT2D eigenvalue weighted by molar-refractivity contribution is -0.118. The van der Waals surface area contributed by atoms with E-state index in [1.54, 1.807) is 18.2 Å². The number of nitrogens with one attached hydrogen (secondary N) is 2. The van der Waals surface area contributed by atoms with Gasteiger partial charge in [0.05, 0.1) is 10.6 Å². The molecule has 1 saturated heterocycles. The zero-order chi connectivity index (χ0) is 22.3. The van der Waals surface area contributed by atoms with Crippen LogP contribution in [0.15, 0.2) is 88.8 Å². The van der Waals surface area contributed by atoms with Gasteiger partial charge in [-0.2, -0.15) is 0 Å². The number of carbonyl (C=O) groups is 2. The predicted molar refractivity (Wildman–Crippen MR) is 129 cm³/mol. The van der Waals surface area contributed by atoms with E-state index >= 15 is 0 Å². The first-order valence-electron chi connectivity index (χ1n) is 10.00. The quantitative estimate of drug-likeness (QED) is 0.531. The number of carbonyl (C=O) groups excluding carboxylic acids is 2. The summed E-state index contributed by atoms with van der Waals surface area (Å²) in [4.78, 5) is 29.4. The molecule has 0 saturated carbocycles. The van der Waals surface area contributed by atoms with Gasteiger partial charge in [0.2, 0.25) is 0 Å². The van der Waals surface area contributed by atoms with Gasteiger partial charge in [-0.1, -0.05) is 48.5 Å². The van der Waals surface area contributed by atoms with Crippen LogP contribution in [-0.4, -0.2) is 23.6 Å². The van der Waals surface area contributed by atoms with E-state index in [2.05, 4.69) is 15.6 Å². The number of rotatable bonds is 6. The lowest BCUT2D eigenvalue weighted by Crippen LogP contribution is -2.20. The number of amidine groups is 1. The van der Waals surface area contributed by atoms with E-state index < -0.39 is 0 Å². The Morgan fingerprint density at radius 1 is 1.03 bits per heavy atom. The summed E-state index contributed by atoms with van der Waals surface area (Å²) in [5.41, 5.74) is 3.39. The van der Waals surface area contributed by atoms with Gasteiger partial charge < -0.3 is 15.4 Å². The van der Waals surface area contributed by atoms with Gasteiger partial charge in [-0.3, -0.25) is 9.59 Å². The Labute approximate surface area is 190 Å². The fourth-order valence-electron chi connectivity index (χ4n) is 2.96. The van der Waals surface area contributed by atoms with Crippen LogP contribution in [0.4, 0.5) is 11.4 Å². The number of nitrogens with zero attached hydrogens (tertiary/aromatic N) is 1. The molecule has 1 aliphatic rings. The summed E-state index contributed by atoms with van der Waals surface area (Å²) in [7, 11) is 0. The minimum atomic E-state index is -0.227. The smallest absolute Gasteiger partial charge is 0.264 e. The lowest BCUT2D eigenvalue weighted by atomic mass is 10.2. The molecule has 0 spiro atoms. The van der Waals surface area contributed by atoms with Crippen molar-refractivity contribution in [3.05, 3.63) is 94.9 Å². The second-order valence-corrected chi connectivity index (χ2v) is 8.07. The van der Waals surface area contributed by atoms with Crippen LogP contribution in [0.3, 0.4) is 0 Å². The van der Waals surface area contributed by atoms with Gasteiger partial charge in [0.15, 0.2) is 11.8 Å². The molecule has 1 aliphatic heterocycles. The third-order valence-corrected chi connectivity index (χ3v) is 5.51. The van der Waals surface area contributed by atoms with Crippen molar-refractivity contribution in [2.75, 3.05) is 11.9 Å². The molecule has 6 nitrogen and oxygen atoms in total. The monoisotopic (exact) mass is 443 g/mol. The Morgan fingerprint density at radius 2 is 1.75 bits per heavy atom. The molecule has 1 heterocycles. The summed E-state index contributed by atoms with van der Waals surface area (Å²) in [6.07, 6.45) is 1.79. The normalized spacial score (nSPS) is 15.6. The number of thioether (sulfide) groups is 1. The van der Waals surface area contributed by atoms with Gasteiger partial charge in [0, 0.05) is 5.69 Å². The number of para-hydroxylation sites is 2. The van der Waals surface area contributed by atoms with Crippen LogP contribution in [0.2, 0.25) is 0 Å². The van der Waals surface area contributed by atoms with Crippen molar-refractivity contribution in [1.29, 1.82) is 0 Å². The van der Waals surface area contributed by atoms with Crippen LogP contribution in [0.25, 0.3) is 6.08 Å². The van der Waals surface area contributed by atoms with Crippen molar-refractivity contribution in [2.45, 2.75) is 6.92 Å². The van der Waals surface area contributed by atoms with Crippen molar-refractivity contribution in [2.24, 2.45) is 4.99 Å². The largest absolute Gasteiger partial charge is 0.484 e. The summed E-state index contributed by atoms with van der Waals surface area (Å²) in [6, 6.07) is 24.2. The lowest BCUT2D eigenvalue weighted by Gasteiger charge is -2.09. The van der Waals surface area contributed by atoms with Crippen LogP contribution < -0.4 is 15.4 Å². The first kappa shape index (κ1) is 21.4. The molecule has 4 rings (SSSR count). The summed E-state index contributed by atoms with van der Waals surface area (Å²) in [6.45, 7) is 1.84. The van der Waals surface area contributed by atoms with E-state index in [4.69, 9.17) is 4.74 Å². The molecule has 0 aliphatic carbocycles. The first-order chi connectivity index (χ1) is 15.6. The van der Waals surface area contributed by atoms with E-state index in [1.807, 2.05) is 73.7 Å². The second kappa shape index (κ2) is 9.98. The Balaban J connectivity index is 1.34. The molecule has 1 fully saturated rings. The number of aliphatic imine (C=N–C) groups is 1. The van der Waals surface area contributed by atoms with Crippen LogP contribution >= 0.6 is 11.8 Å². The summed E-state index contributed by atoms with van der Waals surface area (Å²) < 4.78 is 5.57. The van der Waals surface area contributed by atoms with Crippen LogP contribution in [0.5, 0.6) is 5.75 Å². The fraction of sp³-hybridized carbons (Fsp3) is 0.0800. The SMILES string of the molecule is Cc1ccccc1NC(=O)COc1ccc(/C=C2/SC(=Nc3ccccc3)NC2=O)cc1. The van der Waals surface area contributed by atoms with Crippen LogP contribution in [-0.2, 0) is 9.59 Å². The molecule has 0 aromatic heterocycles. The van der Waals surface area contributed by atoms with Crippen LogP contribution in [0, 0.1) is 6.92 Å². The molecule has 0 atom stereocenters. The van der Waals surface area contributed by atoms with Gasteiger partial charge >= 0.3 is 0 Å². The Morgan fingerprint density at radius 3 is 2.50 bits per heavy atom. The Hall–Kier alpha value is -3.84. The van der Waals surface area contributed by atoms with Crippen molar-refractivity contribution in [3.8, 4) is 5.75 Å². The minimum Gasteiger partial charge on any atom is -0.484 e. The number of benzene rings is 3. The number of amides is 2. The molecule has 0 radical (unpaired) electrons. The van der Waals surface area contributed by atoms with Crippen molar-refractivity contribution in [3.63, 3.8) is 0 Å². The number of ether oxygens (including phenoxy) is 1. The fourth-order valence-corrected chi connectivity index (χ4v) is 3.80. The molecule has 2 N–H and O–H groups in total. The molecule has 0 bridgehead atoms. The zero-order valence-corrected chi connectivity index (χ0v) is 18.2. The highest BCUT2D eigenvalue weighted by molar-refractivity contribution is 8.18. The minimum absolute atomic E-state index is 0.0909. The molecule has 7 heteroatoms. The molecule has 3 aromatic carbocycles. The summed E-state index contributed by atoms with van der Waals surface area (Å²) in [5, 5.41) is 6.16. The molecule has 0 unspecified atom stereocenters. The molecule has 3 aromatic rings. The Kier molecular flexibility index (Phi) is 6.67. The van der Waals surface area contributed by atoms with Gasteiger partial charge in [-0.25, -0.2) is 4.99 Å². The topological polar surface area (TPSA) is 79.8 Å². The highest BCUT2D eigenvalue weighted by Crippen LogP contribution is 2.28. The molecular weight excluding hydrogens is 422 g/mol. The summed E-state index contributed by atoms with van der Waals surface area (Å²) in [5.74, 6) is 0.162. The average molecular weight is 444 g/mol. The molecular formula is C25H21N3O3S. The molecule has 32 heavy (non-hydrogen) atoms. The van der Waals surface area contributed by atoms with Gasteiger partial charge in [0.25, 0.3) is 11.8 Å². The average Bonchev–Trinajstić information content (AvgIpc) is 3.14. The van der Waals surface area contributed by atoms with Gasteiger partial charge in [-0.05, 0) is 66.2 Å². The van der Waals surface area contributed by atoms with Crippen molar-refractivity contribution in [1.82, 2.24) is 5.32 Å². The molecule has 160 valence electrons. The maximum Gasteiger partial charge on any atom is 0.264 e. The van der Waals surface area contributed by atoms with Gasteiger partial charge in [-0.15, -0.1) is 0 Å². The standard InChI is InChI=1S/C25H21N3O3S/c1-17-7-5-6-10-21(17)27-23(29)16-31-20-13-11-18(12-14-20)15-22-24(30)28-25(32-22)26-19-8-3-2-4-9-19/h2-15H,16H2,1H3,(H,27,29)(H,26,28,30)/b22-15+.